The van der Waals surface area contributed by atoms with Crippen LogP contribution in [-0.4, -0.2) is 70.8 Å². The first-order valence-electron chi connectivity index (χ1n) is 7.13. The van der Waals surface area contributed by atoms with E-state index in [2.05, 4.69) is 30.7 Å². The third kappa shape index (κ3) is 3.68. The maximum atomic E-state index is 12.6. The lowest BCUT2D eigenvalue weighted by atomic mass is 10.1. The zero-order chi connectivity index (χ0) is 13.2. The molecule has 2 aliphatic rings. The lowest BCUT2D eigenvalue weighted by molar-refractivity contribution is 0.174. The molecule has 106 valence electrons. The number of hydrogen-bond donors (Lipinski definition) is 0. The fourth-order valence-electron chi connectivity index (χ4n) is 2.70. The Hall–Kier alpha value is -0.130. The van der Waals surface area contributed by atoms with Gasteiger partial charge in [0.05, 0.1) is 6.04 Å². The summed E-state index contributed by atoms with van der Waals surface area (Å²) in [4.78, 5) is 4.74. The Bertz CT molecular complexity index is 366. The van der Waals surface area contributed by atoms with Gasteiger partial charge in [0.15, 0.2) is 0 Å². The number of hydrogen-bond acceptors (Lipinski definition) is 4. The monoisotopic (exact) mass is 273 g/mol. The molecule has 0 aromatic carbocycles. The average Bonchev–Trinajstić information content (AvgIpc) is 2.34. The number of rotatable bonds is 2. The van der Waals surface area contributed by atoms with Crippen molar-refractivity contribution < 1.29 is 4.21 Å². The molecular formula is C13H27N3OS. The highest BCUT2D eigenvalue weighted by molar-refractivity contribution is 7.93. The molecule has 2 aliphatic heterocycles. The van der Waals surface area contributed by atoms with Crippen molar-refractivity contribution in [2.75, 3.05) is 44.7 Å². The number of likely N-dealkylation sites (tertiary alicyclic amines) is 1. The van der Waals surface area contributed by atoms with E-state index in [-0.39, 0.29) is 0 Å². The summed E-state index contributed by atoms with van der Waals surface area (Å²) in [6, 6.07) is 0.971. The topological polar surface area (TPSA) is 35.9 Å². The van der Waals surface area contributed by atoms with E-state index in [9.17, 15) is 4.21 Å². The molecule has 0 atom stereocenters. The third-order valence-corrected chi connectivity index (χ3v) is 6.48. The Labute approximate surface area is 112 Å². The summed E-state index contributed by atoms with van der Waals surface area (Å²) in [7, 11) is 0.202. The smallest absolute Gasteiger partial charge is 0.0618 e. The summed E-state index contributed by atoms with van der Waals surface area (Å²) in [5.41, 5.74) is 0. The maximum absolute atomic E-state index is 12.6. The summed E-state index contributed by atoms with van der Waals surface area (Å²) in [6.07, 6.45) is 2.18. The summed E-state index contributed by atoms with van der Waals surface area (Å²) in [5, 5.41) is 0. The Kier molecular flexibility index (Phi) is 4.67. The Morgan fingerprint density at radius 3 is 2.17 bits per heavy atom. The van der Waals surface area contributed by atoms with Gasteiger partial charge in [-0.3, -0.25) is 0 Å². The predicted octanol–water partition coefficient (Wildman–Crippen LogP) is 1.27. The van der Waals surface area contributed by atoms with Crippen LogP contribution in [0.3, 0.4) is 0 Å². The molecule has 0 N–H and O–H groups in total. The van der Waals surface area contributed by atoms with Gasteiger partial charge in [-0.05, 0) is 33.7 Å². The first kappa shape index (κ1) is 14.3. The standard InChI is InChI=1S/C13H27N3OS/c1-12(2)16-6-4-13(5-7-16)14-18(17)10-8-15(3)9-11-18/h12-13H,4-11H2,1-3H3. The largest absolute Gasteiger partial charge is 0.304 e. The minimum absolute atomic E-state index is 0.343. The SMILES string of the molecule is CC(C)N1CCC(N=S2(=O)CCN(C)CC2)CC1. The van der Waals surface area contributed by atoms with Gasteiger partial charge in [0.25, 0.3) is 0 Å². The summed E-state index contributed by atoms with van der Waals surface area (Å²) in [6.45, 7) is 8.59. The zero-order valence-corrected chi connectivity index (χ0v) is 12.8. The molecule has 0 unspecified atom stereocenters. The Balaban J connectivity index is 1.92. The van der Waals surface area contributed by atoms with E-state index >= 15 is 0 Å². The van der Waals surface area contributed by atoms with Crippen LogP contribution in [0.25, 0.3) is 0 Å². The Morgan fingerprint density at radius 1 is 1.11 bits per heavy atom. The van der Waals surface area contributed by atoms with Crippen LogP contribution in [0.5, 0.6) is 0 Å². The fourth-order valence-corrected chi connectivity index (χ4v) is 5.06. The van der Waals surface area contributed by atoms with Gasteiger partial charge in [-0.15, -0.1) is 0 Å². The van der Waals surface area contributed by atoms with Crippen molar-refractivity contribution in [3.63, 3.8) is 0 Å². The van der Waals surface area contributed by atoms with Crippen LogP contribution in [0, 0.1) is 0 Å². The average molecular weight is 273 g/mol. The van der Waals surface area contributed by atoms with Crippen LogP contribution in [-0.2, 0) is 9.73 Å². The third-order valence-electron chi connectivity index (χ3n) is 4.15. The maximum Gasteiger partial charge on any atom is 0.0618 e. The summed E-state index contributed by atoms with van der Waals surface area (Å²) < 4.78 is 17.4. The molecule has 0 aromatic heterocycles. The van der Waals surface area contributed by atoms with Gasteiger partial charge in [0, 0.05) is 53.5 Å². The van der Waals surface area contributed by atoms with E-state index in [1.165, 1.54) is 0 Å². The van der Waals surface area contributed by atoms with Crippen molar-refractivity contribution in [2.24, 2.45) is 4.36 Å². The van der Waals surface area contributed by atoms with Crippen molar-refractivity contribution in [2.45, 2.75) is 38.8 Å². The summed E-state index contributed by atoms with van der Waals surface area (Å²) >= 11 is 0. The normalized spacial score (nSPS) is 27.6. The molecule has 18 heavy (non-hydrogen) atoms. The Morgan fingerprint density at radius 2 is 1.67 bits per heavy atom. The lowest BCUT2D eigenvalue weighted by Gasteiger charge is -2.34. The van der Waals surface area contributed by atoms with Crippen LogP contribution in [0.1, 0.15) is 26.7 Å². The lowest BCUT2D eigenvalue weighted by Crippen LogP contribution is -2.41. The highest BCUT2D eigenvalue weighted by atomic mass is 32.2. The second-order valence-corrected chi connectivity index (χ2v) is 8.52. The molecule has 2 fully saturated rings. The van der Waals surface area contributed by atoms with Crippen molar-refractivity contribution in [1.29, 1.82) is 0 Å². The zero-order valence-electron chi connectivity index (χ0n) is 12.0. The van der Waals surface area contributed by atoms with Crippen LogP contribution < -0.4 is 0 Å². The number of piperidine rings is 1. The van der Waals surface area contributed by atoms with Crippen LogP contribution in [0.4, 0.5) is 0 Å². The van der Waals surface area contributed by atoms with Crippen molar-refractivity contribution in [3.8, 4) is 0 Å². The molecular weight excluding hydrogens is 246 g/mol. The van der Waals surface area contributed by atoms with E-state index in [1.54, 1.807) is 0 Å². The molecule has 0 spiro atoms. The van der Waals surface area contributed by atoms with Crippen molar-refractivity contribution in [1.82, 2.24) is 9.80 Å². The van der Waals surface area contributed by atoms with Gasteiger partial charge >= 0.3 is 0 Å². The van der Waals surface area contributed by atoms with Crippen LogP contribution in [0.2, 0.25) is 0 Å². The molecule has 0 aliphatic carbocycles. The van der Waals surface area contributed by atoms with E-state index in [4.69, 9.17) is 4.36 Å². The van der Waals surface area contributed by atoms with Gasteiger partial charge in [-0.2, -0.15) is 0 Å². The van der Waals surface area contributed by atoms with E-state index in [0.29, 0.717) is 12.1 Å². The molecule has 5 heteroatoms. The molecule has 2 rings (SSSR count). The first-order chi connectivity index (χ1) is 8.48. The quantitative estimate of drug-likeness (QED) is 0.760. The molecule has 2 saturated heterocycles. The number of nitrogens with zero attached hydrogens (tertiary/aromatic N) is 3. The van der Waals surface area contributed by atoms with Gasteiger partial charge in [-0.25, -0.2) is 8.57 Å². The fraction of sp³-hybridized carbons (Fsp3) is 1.00. The van der Waals surface area contributed by atoms with Crippen LogP contribution in [0.15, 0.2) is 4.36 Å². The van der Waals surface area contributed by atoms with E-state index in [1.807, 2.05) is 0 Å². The van der Waals surface area contributed by atoms with Crippen LogP contribution >= 0.6 is 0 Å². The highest BCUT2D eigenvalue weighted by Crippen LogP contribution is 2.18. The molecule has 0 amide bonds. The molecule has 0 saturated carbocycles. The minimum atomic E-state index is -1.90. The van der Waals surface area contributed by atoms with Crippen molar-refractivity contribution in [3.05, 3.63) is 0 Å². The van der Waals surface area contributed by atoms with Gasteiger partial charge in [0.2, 0.25) is 0 Å². The molecule has 0 radical (unpaired) electrons. The predicted molar refractivity (Wildman–Crippen MR) is 77.5 cm³/mol. The molecule has 0 aromatic rings. The summed E-state index contributed by atoms with van der Waals surface area (Å²) in [5.74, 6) is 1.54. The highest BCUT2D eigenvalue weighted by Gasteiger charge is 2.24. The molecule has 4 nitrogen and oxygen atoms in total. The van der Waals surface area contributed by atoms with E-state index in [0.717, 1.165) is 50.5 Å². The second-order valence-electron chi connectivity index (χ2n) is 5.95. The van der Waals surface area contributed by atoms with Gasteiger partial charge in [-0.1, -0.05) is 0 Å². The van der Waals surface area contributed by atoms with Gasteiger partial charge in [0.1, 0.15) is 0 Å². The van der Waals surface area contributed by atoms with Crippen molar-refractivity contribution >= 4 is 9.73 Å². The van der Waals surface area contributed by atoms with E-state index < -0.39 is 9.73 Å². The van der Waals surface area contributed by atoms with Gasteiger partial charge < -0.3 is 9.80 Å². The minimum Gasteiger partial charge on any atom is -0.304 e. The molecule has 0 bridgehead atoms. The second kappa shape index (κ2) is 5.88. The molecule has 2 heterocycles. The first-order valence-corrected chi connectivity index (χ1v) is 8.98.